The van der Waals surface area contributed by atoms with Gasteiger partial charge in [-0.1, -0.05) is 36.4 Å². The Balaban J connectivity index is 1.97. The molecule has 1 aromatic carbocycles. The predicted molar refractivity (Wildman–Crippen MR) is 86.5 cm³/mol. The average molecular weight is 290 g/mol. The number of benzene rings is 1. The molecule has 0 aromatic heterocycles. The second-order valence-corrected chi connectivity index (χ2v) is 6.89. The lowest BCUT2D eigenvalue weighted by atomic mass is 10.1. The molecule has 1 heterocycles. The van der Waals surface area contributed by atoms with Crippen LogP contribution in [0.1, 0.15) is 18.9 Å². The van der Waals surface area contributed by atoms with Gasteiger partial charge in [0.1, 0.15) is 0 Å². The number of hydrogen-bond acceptors (Lipinski definition) is 3. The van der Waals surface area contributed by atoms with Crippen LogP contribution in [0.2, 0.25) is 0 Å². The van der Waals surface area contributed by atoms with Crippen LogP contribution in [-0.4, -0.2) is 17.3 Å². The number of aryl methyl sites for hydroxylation is 1. The molecule has 2 rings (SSSR count). The van der Waals surface area contributed by atoms with Gasteiger partial charge in [0.25, 0.3) is 0 Å². The number of carbonyl (C=O) groups excluding carboxylic acids is 1. The van der Waals surface area contributed by atoms with Crippen LogP contribution in [0, 0.1) is 0 Å². The van der Waals surface area contributed by atoms with E-state index in [1.807, 2.05) is 13.0 Å². The molecule has 0 atom stereocenters. The molecule has 0 radical (unpaired) electrons. The Morgan fingerprint density at radius 3 is 2.68 bits per heavy atom. The first kappa shape index (κ1) is 14.5. The number of rotatable bonds is 3. The highest BCUT2D eigenvalue weighted by Gasteiger charge is 2.11. The Morgan fingerprint density at radius 1 is 1.16 bits per heavy atom. The zero-order chi connectivity index (χ0) is 13.5. The van der Waals surface area contributed by atoms with Crippen molar-refractivity contribution >= 4 is 29.3 Å². The van der Waals surface area contributed by atoms with E-state index in [4.69, 9.17) is 0 Å². The summed E-state index contributed by atoms with van der Waals surface area (Å²) in [6.45, 7) is 2.01. The van der Waals surface area contributed by atoms with E-state index in [-0.39, 0.29) is 5.78 Å². The van der Waals surface area contributed by atoms with Crippen LogP contribution >= 0.6 is 23.5 Å². The molecule has 19 heavy (non-hydrogen) atoms. The first-order valence-electron chi connectivity index (χ1n) is 6.48. The molecule has 0 spiro atoms. The summed E-state index contributed by atoms with van der Waals surface area (Å²) in [5, 5.41) is 0. The van der Waals surface area contributed by atoms with Crippen LogP contribution in [-0.2, 0) is 11.2 Å². The van der Waals surface area contributed by atoms with Gasteiger partial charge < -0.3 is 0 Å². The maximum Gasteiger partial charge on any atom is 0.192 e. The van der Waals surface area contributed by atoms with Crippen molar-refractivity contribution in [1.29, 1.82) is 0 Å². The lowest BCUT2D eigenvalue weighted by Gasteiger charge is -2.09. The van der Waals surface area contributed by atoms with Crippen molar-refractivity contribution < 1.29 is 4.79 Å². The smallest absolute Gasteiger partial charge is 0.192 e. The molecule has 0 saturated heterocycles. The van der Waals surface area contributed by atoms with Gasteiger partial charge in [0, 0.05) is 11.5 Å². The number of hydrogen-bond donors (Lipinski definition) is 0. The monoisotopic (exact) mass is 290 g/mol. The summed E-state index contributed by atoms with van der Waals surface area (Å²) in [6.07, 6.45) is 5.79. The van der Waals surface area contributed by atoms with Crippen LogP contribution in [0.25, 0.3) is 0 Å². The van der Waals surface area contributed by atoms with Gasteiger partial charge in [-0.15, -0.1) is 23.5 Å². The van der Waals surface area contributed by atoms with Crippen molar-refractivity contribution in [2.24, 2.45) is 0 Å². The Bertz CT molecular complexity index is 489. The van der Waals surface area contributed by atoms with E-state index in [1.54, 1.807) is 29.6 Å². The predicted octanol–water partition coefficient (Wildman–Crippen LogP) is 4.46. The van der Waals surface area contributed by atoms with E-state index >= 15 is 0 Å². The van der Waals surface area contributed by atoms with Crippen LogP contribution in [0.15, 0.2) is 52.3 Å². The summed E-state index contributed by atoms with van der Waals surface area (Å²) in [4.78, 5) is 14.1. The Labute approximate surface area is 123 Å². The largest absolute Gasteiger partial charge is 0.289 e. The van der Waals surface area contributed by atoms with Crippen molar-refractivity contribution in [3.8, 4) is 0 Å². The Kier molecular flexibility index (Phi) is 5.80. The molecule has 100 valence electrons. The standard InChI is InChI=1S/C16H18OS2/c1-13-12-15(17)16(19-11-10-18-13)9-5-8-14-6-3-2-4-7-14/h2-4,6-7,9,12H,5,8,10-11H2,1H3/b13-12-,16-9-. The molecule has 1 nitrogen and oxygen atoms in total. The summed E-state index contributed by atoms with van der Waals surface area (Å²) in [6, 6.07) is 10.4. The molecular weight excluding hydrogens is 272 g/mol. The third-order valence-electron chi connectivity index (χ3n) is 2.85. The van der Waals surface area contributed by atoms with Crippen molar-refractivity contribution in [3.63, 3.8) is 0 Å². The molecule has 3 heteroatoms. The SMILES string of the molecule is C/C1=C/C(=O)/C(=C/CCc2ccccc2)SCCS1. The minimum absolute atomic E-state index is 0.169. The van der Waals surface area contributed by atoms with E-state index in [0.29, 0.717) is 0 Å². The molecule has 0 amide bonds. The minimum atomic E-state index is 0.169. The van der Waals surface area contributed by atoms with E-state index in [9.17, 15) is 4.79 Å². The molecule has 1 aliphatic heterocycles. The Hall–Kier alpha value is -0.930. The molecule has 0 saturated carbocycles. The van der Waals surface area contributed by atoms with Crippen LogP contribution in [0.4, 0.5) is 0 Å². The fourth-order valence-electron chi connectivity index (χ4n) is 1.90. The zero-order valence-electron chi connectivity index (χ0n) is 11.1. The van der Waals surface area contributed by atoms with E-state index in [0.717, 1.165) is 34.2 Å². The number of thioether (sulfide) groups is 2. The third kappa shape index (κ3) is 4.92. The van der Waals surface area contributed by atoms with Gasteiger partial charge in [0.05, 0.1) is 4.91 Å². The highest BCUT2D eigenvalue weighted by Crippen LogP contribution is 2.27. The first-order valence-corrected chi connectivity index (χ1v) is 8.45. The van der Waals surface area contributed by atoms with Crippen LogP contribution < -0.4 is 0 Å². The lowest BCUT2D eigenvalue weighted by Crippen LogP contribution is -2.01. The fraction of sp³-hybridized carbons (Fsp3) is 0.312. The van der Waals surface area contributed by atoms with Crippen molar-refractivity contribution in [1.82, 2.24) is 0 Å². The van der Waals surface area contributed by atoms with E-state index in [1.165, 1.54) is 5.56 Å². The third-order valence-corrected chi connectivity index (χ3v) is 5.18. The Morgan fingerprint density at radius 2 is 1.89 bits per heavy atom. The van der Waals surface area contributed by atoms with E-state index < -0.39 is 0 Å². The molecule has 0 bridgehead atoms. The lowest BCUT2D eigenvalue weighted by molar-refractivity contribution is -0.110. The highest BCUT2D eigenvalue weighted by molar-refractivity contribution is 8.07. The maximum atomic E-state index is 12.0. The number of carbonyl (C=O) groups is 1. The fourth-order valence-corrected chi connectivity index (χ4v) is 3.73. The zero-order valence-corrected chi connectivity index (χ0v) is 12.7. The maximum absolute atomic E-state index is 12.0. The normalized spacial score (nSPS) is 21.6. The molecule has 1 aromatic rings. The van der Waals surface area contributed by atoms with Gasteiger partial charge in [-0.05, 0) is 36.3 Å². The average Bonchev–Trinajstić information content (AvgIpc) is 2.41. The number of allylic oxidation sites excluding steroid dienone is 4. The summed E-state index contributed by atoms with van der Waals surface area (Å²) in [5.41, 5.74) is 1.32. The first-order chi connectivity index (χ1) is 9.25. The van der Waals surface area contributed by atoms with Gasteiger partial charge in [-0.2, -0.15) is 0 Å². The van der Waals surface area contributed by atoms with Gasteiger partial charge in [-0.3, -0.25) is 4.79 Å². The molecule has 1 aliphatic rings. The second kappa shape index (κ2) is 7.61. The van der Waals surface area contributed by atoms with Gasteiger partial charge in [-0.25, -0.2) is 0 Å². The summed E-state index contributed by atoms with van der Waals surface area (Å²) >= 11 is 3.46. The molecule has 0 unspecified atom stereocenters. The molecule has 0 N–H and O–H groups in total. The summed E-state index contributed by atoms with van der Waals surface area (Å²) in [5.74, 6) is 2.26. The highest BCUT2D eigenvalue weighted by atomic mass is 32.2. The van der Waals surface area contributed by atoms with Crippen LogP contribution in [0.5, 0.6) is 0 Å². The summed E-state index contributed by atoms with van der Waals surface area (Å²) in [7, 11) is 0. The van der Waals surface area contributed by atoms with Gasteiger partial charge in [0.15, 0.2) is 5.78 Å². The van der Waals surface area contributed by atoms with Crippen molar-refractivity contribution in [3.05, 3.63) is 57.9 Å². The molecule has 0 fully saturated rings. The molecular formula is C16H18OS2. The van der Waals surface area contributed by atoms with Gasteiger partial charge >= 0.3 is 0 Å². The summed E-state index contributed by atoms with van der Waals surface area (Å²) < 4.78 is 0. The minimum Gasteiger partial charge on any atom is -0.289 e. The van der Waals surface area contributed by atoms with Crippen molar-refractivity contribution in [2.75, 3.05) is 11.5 Å². The van der Waals surface area contributed by atoms with Crippen LogP contribution in [0.3, 0.4) is 0 Å². The molecule has 0 aliphatic carbocycles. The van der Waals surface area contributed by atoms with Crippen molar-refractivity contribution in [2.45, 2.75) is 19.8 Å². The topological polar surface area (TPSA) is 17.1 Å². The number of ketones is 1. The van der Waals surface area contributed by atoms with Gasteiger partial charge in [0.2, 0.25) is 0 Å². The second-order valence-electron chi connectivity index (χ2n) is 4.41. The quantitative estimate of drug-likeness (QED) is 0.765. The van der Waals surface area contributed by atoms with E-state index in [2.05, 4.69) is 30.3 Å².